The van der Waals surface area contributed by atoms with Crippen LogP contribution in [0.3, 0.4) is 0 Å². The van der Waals surface area contributed by atoms with Crippen molar-refractivity contribution in [3.05, 3.63) is 54.3 Å². The summed E-state index contributed by atoms with van der Waals surface area (Å²) in [4.78, 5) is 11.8. The van der Waals surface area contributed by atoms with E-state index in [1.165, 1.54) is 23.9 Å². The van der Waals surface area contributed by atoms with E-state index in [0.717, 1.165) is 10.6 Å². The molecule has 0 saturated carbocycles. The summed E-state index contributed by atoms with van der Waals surface area (Å²) in [6.07, 6.45) is 0. The number of amides is 1. The maximum Gasteiger partial charge on any atom is 0.227 e. The minimum atomic E-state index is -0.348. The Balaban J connectivity index is 1.81. The number of ether oxygens (including phenoxy) is 1. The summed E-state index contributed by atoms with van der Waals surface area (Å²) in [5.41, 5.74) is 6.09. The van der Waals surface area contributed by atoms with Crippen molar-refractivity contribution in [3.63, 3.8) is 0 Å². The van der Waals surface area contributed by atoms with Gasteiger partial charge in [0.15, 0.2) is 0 Å². The molecule has 0 fully saturated rings. The number of hydrogen-bond donors (Lipinski definition) is 2. The number of carbonyl (C=O) groups excluding carboxylic acids is 1. The number of halogens is 1. The molecule has 0 unspecified atom stereocenters. The summed E-state index contributed by atoms with van der Waals surface area (Å²) < 4.78 is 18.3. The summed E-state index contributed by atoms with van der Waals surface area (Å²) >= 11 is 1.39. The first kappa shape index (κ1) is 16.2. The molecular formula is C16H17FN2O2S. The van der Waals surface area contributed by atoms with Gasteiger partial charge in [-0.2, -0.15) is 0 Å². The average Bonchev–Trinajstić information content (AvgIpc) is 2.52. The molecule has 0 aromatic heterocycles. The first-order valence-corrected chi connectivity index (χ1v) is 7.76. The van der Waals surface area contributed by atoms with Crippen LogP contribution < -0.4 is 15.8 Å². The van der Waals surface area contributed by atoms with E-state index in [4.69, 9.17) is 10.5 Å². The predicted molar refractivity (Wildman–Crippen MR) is 86.7 cm³/mol. The van der Waals surface area contributed by atoms with Crippen LogP contribution in [0.15, 0.2) is 53.4 Å². The summed E-state index contributed by atoms with van der Waals surface area (Å²) in [6.45, 7) is 1.03. The van der Waals surface area contributed by atoms with Crippen molar-refractivity contribution < 1.29 is 13.9 Å². The van der Waals surface area contributed by atoms with Gasteiger partial charge in [-0.15, -0.1) is 11.8 Å². The zero-order chi connectivity index (χ0) is 15.8. The Bertz CT molecular complexity index is 620. The third-order valence-corrected chi connectivity index (χ3v) is 3.85. The lowest BCUT2D eigenvalue weighted by atomic mass is 10.3. The second-order valence-corrected chi connectivity index (χ2v) is 5.50. The van der Waals surface area contributed by atoms with E-state index in [1.807, 2.05) is 24.3 Å². The number of carbonyl (C=O) groups is 1. The smallest absolute Gasteiger partial charge is 0.227 e. The fraction of sp³-hybridized carbons (Fsp3) is 0.188. The number of nitrogens with one attached hydrogen (secondary N) is 1. The van der Waals surface area contributed by atoms with Crippen LogP contribution in [0.1, 0.15) is 0 Å². The van der Waals surface area contributed by atoms with Crippen LogP contribution >= 0.6 is 11.8 Å². The van der Waals surface area contributed by atoms with Crippen molar-refractivity contribution in [1.82, 2.24) is 0 Å². The molecule has 3 N–H and O–H groups in total. The Morgan fingerprint density at radius 1 is 1.18 bits per heavy atom. The lowest BCUT2D eigenvalue weighted by molar-refractivity contribution is -0.115. The van der Waals surface area contributed by atoms with Gasteiger partial charge in [-0.05, 0) is 36.4 Å². The van der Waals surface area contributed by atoms with Gasteiger partial charge in [-0.1, -0.05) is 12.1 Å². The highest BCUT2D eigenvalue weighted by Crippen LogP contribution is 2.26. The Morgan fingerprint density at radius 3 is 2.64 bits per heavy atom. The van der Waals surface area contributed by atoms with Gasteiger partial charge in [0.2, 0.25) is 5.91 Å². The minimum absolute atomic E-state index is 0.241. The highest BCUT2D eigenvalue weighted by atomic mass is 32.2. The van der Waals surface area contributed by atoms with Crippen LogP contribution in [-0.4, -0.2) is 24.8 Å². The van der Waals surface area contributed by atoms with Gasteiger partial charge in [-0.3, -0.25) is 4.79 Å². The van der Waals surface area contributed by atoms with E-state index < -0.39 is 0 Å². The van der Waals surface area contributed by atoms with Gasteiger partial charge in [0.1, 0.15) is 18.2 Å². The standard InChI is InChI=1S/C16H17FN2O2S/c17-12-5-7-13(8-6-12)21-10-9-19-14-3-1-2-4-15(14)22-11-16(18)20/h1-8,19H,9-11H2,(H2,18,20). The van der Waals surface area contributed by atoms with Gasteiger partial charge >= 0.3 is 0 Å². The fourth-order valence-corrected chi connectivity index (χ4v) is 2.54. The van der Waals surface area contributed by atoms with Crippen LogP contribution in [0.25, 0.3) is 0 Å². The molecular weight excluding hydrogens is 303 g/mol. The number of nitrogens with two attached hydrogens (primary N) is 1. The van der Waals surface area contributed by atoms with Gasteiger partial charge in [0.05, 0.1) is 5.75 Å². The number of hydrogen-bond acceptors (Lipinski definition) is 4. The molecule has 0 atom stereocenters. The predicted octanol–water partition coefficient (Wildman–Crippen LogP) is 2.89. The van der Waals surface area contributed by atoms with E-state index >= 15 is 0 Å². The molecule has 0 radical (unpaired) electrons. The van der Waals surface area contributed by atoms with Gasteiger partial charge in [-0.25, -0.2) is 4.39 Å². The van der Waals surface area contributed by atoms with Crippen molar-refractivity contribution in [1.29, 1.82) is 0 Å². The maximum absolute atomic E-state index is 12.8. The second-order valence-electron chi connectivity index (χ2n) is 4.48. The summed E-state index contributed by atoms with van der Waals surface area (Å²) in [5.74, 6) is 0.232. The lowest BCUT2D eigenvalue weighted by Crippen LogP contribution is -2.14. The normalized spacial score (nSPS) is 10.2. The molecule has 1 amide bonds. The van der Waals surface area contributed by atoms with Crippen LogP contribution in [0.4, 0.5) is 10.1 Å². The molecule has 4 nitrogen and oxygen atoms in total. The number of thioether (sulfide) groups is 1. The van der Waals surface area contributed by atoms with Crippen molar-refractivity contribution in [2.75, 3.05) is 24.2 Å². The molecule has 0 aliphatic carbocycles. The van der Waals surface area contributed by atoms with E-state index in [2.05, 4.69) is 5.32 Å². The Kier molecular flexibility index (Phi) is 6.09. The molecule has 0 bridgehead atoms. The van der Waals surface area contributed by atoms with E-state index in [1.54, 1.807) is 12.1 Å². The van der Waals surface area contributed by atoms with Crippen LogP contribution in [0.2, 0.25) is 0 Å². The SMILES string of the molecule is NC(=O)CSc1ccccc1NCCOc1ccc(F)cc1. The van der Waals surface area contributed by atoms with Gasteiger partial charge in [0.25, 0.3) is 0 Å². The zero-order valence-corrected chi connectivity index (χ0v) is 12.7. The molecule has 22 heavy (non-hydrogen) atoms. The molecule has 0 heterocycles. The quantitative estimate of drug-likeness (QED) is 0.580. The monoisotopic (exact) mass is 320 g/mol. The Hall–Kier alpha value is -2.21. The first-order chi connectivity index (χ1) is 10.6. The van der Waals surface area contributed by atoms with Crippen LogP contribution in [-0.2, 0) is 4.79 Å². The summed E-state index contributed by atoms with van der Waals surface area (Å²) in [7, 11) is 0. The lowest BCUT2D eigenvalue weighted by Gasteiger charge is -2.12. The largest absolute Gasteiger partial charge is 0.492 e. The third kappa shape index (κ3) is 5.29. The average molecular weight is 320 g/mol. The topological polar surface area (TPSA) is 64.4 Å². The second kappa shape index (κ2) is 8.29. The molecule has 116 valence electrons. The van der Waals surface area contributed by atoms with E-state index in [-0.39, 0.29) is 17.5 Å². The molecule has 6 heteroatoms. The third-order valence-electron chi connectivity index (χ3n) is 2.76. The molecule has 2 rings (SSSR count). The number of para-hydroxylation sites is 1. The molecule has 0 spiro atoms. The molecule has 2 aromatic rings. The fourth-order valence-electron chi connectivity index (χ4n) is 1.77. The Labute approximate surface area is 132 Å². The molecule has 0 aliphatic heterocycles. The maximum atomic E-state index is 12.8. The number of rotatable bonds is 8. The van der Waals surface area contributed by atoms with E-state index in [0.29, 0.717) is 18.9 Å². The van der Waals surface area contributed by atoms with Gasteiger partial charge < -0.3 is 15.8 Å². The van der Waals surface area contributed by atoms with Crippen LogP contribution in [0.5, 0.6) is 5.75 Å². The summed E-state index contributed by atoms with van der Waals surface area (Å²) in [5, 5.41) is 3.25. The van der Waals surface area contributed by atoms with Crippen molar-refractivity contribution >= 4 is 23.4 Å². The number of primary amides is 1. The van der Waals surface area contributed by atoms with Crippen LogP contribution in [0, 0.1) is 5.82 Å². The van der Waals surface area contributed by atoms with Crippen molar-refractivity contribution in [2.24, 2.45) is 5.73 Å². The van der Waals surface area contributed by atoms with E-state index in [9.17, 15) is 9.18 Å². The summed E-state index contributed by atoms with van der Waals surface area (Å²) in [6, 6.07) is 13.6. The highest BCUT2D eigenvalue weighted by Gasteiger charge is 2.04. The first-order valence-electron chi connectivity index (χ1n) is 6.77. The molecule has 0 aliphatic rings. The number of benzene rings is 2. The zero-order valence-electron chi connectivity index (χ0n) is 11.9. The number of anilines is 1. The molecule has 0 saturated heterocycles. The Morgan fingerprint density at radius 2 is 1.91 bits per heavy atom. The van der Waals surface area contributed by atoms with Crippen molar-refractivity contribution in [3.8, 4) is 5.75 Å². The van der Waals surface area contributed by atoms with Gasteiger partial charge in [0, 0.05) is 17.1 Å². The van der Waals surface area contributed by atoms with Crippen molar-refractivity contribution in [2.45, 2.75) is 4.90 Å². The molecule has 2 aromatic carbocycles. The highest BCUT2D eigenvalue weighted by molar-refractivity contribution is 8.00. The minimum Gasteiger partial charge on any atom is -0.492 e.